The molecule has 1 saturated carbocycles. The molecule has 0 aliphatic heterocycles. The van der Waals surface area contributed by atoms with Crippen molar-refractivity contribution >= 4 is 5.97 Å². The van der Waals surface area contributed by atoms with Crippen LogP contribution in [0.2, 0.25) is 0 Å². The maximum atomic E-state index is 12.3. The largest absolute Gasteiger partial charge is 0.480 e. The summed E-state index contributed by atoms with van der Waals surface area (Å²) in [4.78, 5) is 10.1. The quantitative estimate of drug-likeness (QED) is 0.525. The molecular weight excluding hydrogens is 125 g/mol. The number of nitrogens with two attached hydrogens (primary N) is 1. The first kappa shape index (κ1) is 6.48. The molecule has 1 aliphatic carbocycles. The minimum absolute atomic E-state index is 0.253. The maximum absolute atomic E-state index is 12.3. The van der Waals surface area contributed by atoms with Crippen LogP contribution in [0.5, 0.6) is 0 Å². The zero-order chi connectivity index (χ0) is 7.07. The first-order chi connectivity index (χ1) is 4.07. The van der Waals surface area contributed by atoms with Gasteiger partial charge in [0.2, 0.25) is 0 Å². The van der Waals surface area contributed by atoms with Crippen molar-refractivity contribution in [2.45, 2.75) is 24.6 Å². The van der Waals surface area contributed by atoms with Gasteiger partial charge < -0.3 is 10.8 Å². The highest BCUT2D eigenvalue weighted by molar-refractivity contribution is 5.80. The van der Waals surface area contributed by atoms with Crippen LogP contribution in [0.3, 0.4) is 0 Å². The fraction of sp³-hybridized carbons (Fsp3) is 0.800. The van der Waals surface area contributed by atoms with Crippen LogP contribution in [0.15, 0.2) is 0 Å². The molecule has 9 heavy (non-hydrogen) atoms. The average molecular weight is 133 g/mol. The Kier molecular flexibility index (Phi) is 1.20. The number of carbonyl (C=O) groups is 1. The molecule has 3 nitrogen and oxygen atoms in total. The second-order valence-corrected chi connectivity index (χ2v) is 2.35. The minimum Gasteiger partial charge on any atom is -0.480 e. The zero-order valence-electron chi connectivity index (χ0n) is 4.80. The molecule has 0 aromatic carbocycles. The molecule has 1 fully saturated rings. The van der Waals surface area contributed by atoms with E-state index in [-0.39, 0.29) is 12.8 Å². The Morgan fingerprint density at radius 2 is 2.44 bits per heavy atom. The van der Waals surface area contributed by atoms with Crippen molar-refractivity contribution in [3.8, 4) is 0 Å². The molecule has 1 aliphatic rings. The molecule has 0 bridgehead atoms. The topological polar surface area (TPSA) is 63.3 Å². The first-order valence-electron chi connectivity index (χ1n) is 2.74. The van der Waals surface area contributed by atoms with Gasteiger partial charge in [-0.15, -0.1) is 0 Å². The Labute approximate surface area is 51.7 Å². The van der Waals surface area contributed by atoms with E-state index in [1.54, 1.807) is 0 Å². The van der Waals surface area contributed by atoms with Crippen LogP contribution in [0, 0.1) is 0 Å². The number of carboxylic acids is 1. The lowest BCUT2D eigenvalue weighted by molar-refractivity contribution is -0.151. The van der Waals surface area contributed by atoms with Gasteiger partial charge in [-0.1, -0.05) is 0 Å². The number of hydrogen-bond donors (Lipinski definition) is 2. The Balaban J connectivity index is 2.64. The van der Waals surface area contributed by atoms with E-state index in [9.17, 15) is 9.18 Å². The number of hydrogen-bond acceptors (Lipinski definition) is 2. The Morgan fingerprint density at radius 3 is 2.44 bits per heavy atom. The highest BCUT2D eigenvalue weighted by atomic mass is 19.1. The second kappa shape index (κ2) is 1.67. The molecule has 0 amide bonds. The van der Waals surface area contributed by atoms with Crippen LogP contribution >= 0.6 is 0 Å². The van der Waals surface area contributed by atoms with Crippen molar-refractivity contribution in [3.63, 3.8) is 0 Å². The predicted molar refractivity (Wildman–Crippen MR) is 28.7 cm³/mol. The molecule has 52 valence electrons. The summed E-state index contributed by atoms with van der Waals surface area (Å²) in [5, 5.41) is 8.30. The van der Waals surface area contributed by atoms with E-state index >= 15 is 0 Å². The molecule has 0 heterocycles. The highest BCUT2D eigenvalue weighted by Gasteiger charge is 2.50. The van der Waals surface area contributed by atoms with Gasteiger partial charge >= 0.3 is 5.97 Å². The summed E-state index contributed by atoms with van der Waals surface area (Å²) in [5.41, 5.74) is 3.55. The smallest absolute Gasteiger partial charge is 0.326 e. The van der Waals surface area contributed by atoms with Gasteiger partial charge in [-0.2, -0.15) is 0 Å². The fourth-order valence-electron chi connectivity index (χ4n) is 0.805. The Morgan fingerprint density at radius 1 is 1.89 bits per heavy atom. The zero-order valence-corrected chi connectivity index (χ0v) is 4.80. The summed E-state index contributed by atoms with van der Waals surface area (Å²) < 4.78 is 12.3. The van der Waals surface area contributed by atoms with E-state index in [0.717, 1.165) is 0 Å². The third-order valence-corrected chi connectivity index (χ3v) is 1.77. The van der Waals surface area contributed by atoms with Crippen LogP contribution in [-0.2, 0) is 4.79 Å². The molecular formula is C5H8FNO2. The van der Waals surface area contributed by atoms with Crippen LogP contribution < -0.4 is 5.73 Å². The van der Waals surface area contributed by atoms with Gasteiger partial charge in [0.15, 0.2) is 0 Å². The first-order valence-corrected chi connectivity index (χ1v) is 2.74. The Hall–Kier alpha value is -0.640. The van der Waals surface area contributed by atoms with E-state index in [0.29, 0.717) is 0 Å². The van der Waals surface area contributed by atoms with Crippen molar-refractivity contribution in [1.29, 1.82) is 0 Å². The van der Waals surface area contributed by atoms with Gasteiger partial charge in [0, 0.05) is 0 Å². The lowest BCUT2D eigenvalue weighted by atomic mass is 9.76. The number of rotatable bonds is 1. The molecule has 0 unspecified atom stereocenters. The van der Waals surface area contributed by atoms with E-state index < -0.39 is 17.7 Å². The summed E-state index contributed by atoms with van der Waals surface area (Å²) in [6.07, 6.45) is -0.818. The molecule has 2 atom stereocenters. The standard InChI is InChI=1S/C5H8FNO2/c6-3-1-2-5(3,7)4(8)9/h3H,1-2,7H2,(H,8,9)/t3-,5-/m0/s1. The van der Waals surface area contributed by atoms with E-state index in [1.165, 1.54) is 0 Å². The number of alkyl halides is 1. The molecule has 3 N–H and O–H groups in total. The summed E-state index contributed by atoms with van der Waals surface area (Å²) in [6.45, 7) is 0. The molecule has 1 rings (SSSR count). The molecule has 0 saturated heterocycles. The molecule has 0 aromatic heterocycles. The third-order valence-electron chi connectivity index (χ3n) is 1.77. The van der Waals surface area contributed by atoms with Gasteiger partial charge in [-0.25, -0.2) is 4.39 Å². The van der Waals surface area contributed by atoms with Gasteiger partial charge in [-0.05, 0) is 12.8 Å². The van der Waals surface area contributed by atoms with Crippen LogP contribution in [0.1, 0.15) is 12.8 Å². The SMILES string of the molecule is N[C@@]1(C(=O)O)CC[C@@H]1F. The molecule has 4 heteroatoms. The van der Waals surface area contributed by atoms with E-state index in [1.807, 2.05) is 0 Å². The number of halogens is 1. The van der Waals surface area contributed by atoms with Gasteiger partial charge in [-0.3, -0.25) is 4.79 Å². The summed E-state index contributed by atoms with van der Waals surface area (Å²) >= 11 is 0. The normalized spacial score (nSPS) is 41.8. The second-order valence-electron chi connectivity index (χ2n) is 2.35. The number of aliphatic carboxylic acids is 1. The number of carboxylic acid groups (broad SMARTS) is 1. The molecule has 0 aromatic rings. The van der Waals surface area contributed by atoms with Gasteiger partial charge in [0.25, 0.3) is 0 Å². The summed E-state index contributed by atoms with van der Waals surface area (Å²) in [7, 11) is 0. The van der Waals surface area contributed by atoms with Gasteiger partial charge in [0.1, 0.15) is 11.7 Å². The van der Waals surface area contributed by atoms with Crippen molar-refractivity contribution in [1.82, 2.24) is 0 Å². The molecule has 0 spiro atoms. The lowest BCUT2D eigenvalue weighted by Gasteiger charge is -2.37. The monoisotopic (exact) mass is 133 g/mol. The van der Waals surface area contributed by atoms with Crippen molar-refractivity contribution in [2.24, 2.45) is 5.73 Å². The summed E-state index contributed by atoms with van der Waals surface area (Å²) in [5.74, 6) is -1.23. The van der Waals surface area contributed by atoms with Crippen molar-refractivity contribution < 1.29 is 14.3 Å². The van der Waals surface area contributed by atoms with Gasteiger partial charge in [0.05, 0.1) is 0 Å². The van der Waals surface area contributed by atoms with Crippen molar-refractivity contribution in [3.05, 3.63) is 0 Å². The minimum atomic E-state index is -1.57. The fourth-order valence-corrected chi connectivity index (χ4v) is 0.805. The lowest BCUT2D eigenvalue weighted by Crippen LogP contribution is -2.62. The highest BCUT2D eigenvalue weighted by Crippen LogP contribution is 2.32. The van der Waals surface area contributed by atoms with Crippen LogP contribution in [0.4, 0.5) is 4.39 Å². The Bertz CT molecular complexity index is 150. The van der Waals surface area contributed by atoms with Crippen molar-refractivity contribution in [2.75, 3.05) is 0 Å². The predicted octanol–water partition coefficient (Wildman–Crippen LogP) is -0.0996. The van der Waals surface area contributed by atoms with Crippen LogP contribution in [0.25, 0.3) is 0 Å². The van der Waals surface area contributed by atoms with E-state index in [4.69, 9.17) is 10.8 Å². The maximum Gasteiger partial charge on any atom is 0.326 e. The van der Waals surface area contributed by atoms with Crippen LogP contribution in [-0.4, -0.2) is 22.8 Å². The molecule has 0 radical (unpaired) electrons. The van der Waals surface area contributed by atoms with E-state index in [2.05, 4.69) is 0 Å². The average Bonchev–Trinajstić information content (AvgIpc) is 1.82. The third kappa shape index (κ3) is 0.702. The summed E-state index contributed by atoms with van der Waals surface area (Å²) in [6, 6.07) is 0.